The fourth-order valence-corrected chi connectivity index (χ4v) is 2.84. The Labute approximate surface area is 133 Å². The van der Waals surface area contributed by atoms with E-state index in [0.717, 1.165) is 26.6 Å². The van der Waals surface area contributed by atoms with Crippen molar-refractivity contribution in [2.24, 2.45) is 5.73 Å². The topological polar surface area (TPSA) is 89.6 Å². The number of aromatic amines is 1. The van der Waals surface area contributed by atoms with E-state index in [1.165, 1.54) is 0 Å². The number of nitrogens with two attached hydrogens (primary N) is 1. The van der Waals surface area contributed by atoms with Crippen LogP contribution in [0.2, 0.25) is 0 Å². The number of fused-ring (bicyclic) bond motifs is 3. The number of halogens is 1. The first kappa shape index (κ1) is 13.0. The quantitative estimate of drug-likeness (QED) is 0.579. The van der Waals surface area contributed by atoms with Crippen molar-refractivity contribution in [2.75, 3.05) is 0 Å². The lowest BCUT2D eigenvalue weighted by atomic mass is 10.1. The van der Waals surface area contributed by atoms with Crippen LogP contribution in [-0.2, 0) is 0 Å². The average molecular weight is 356 g/mol. The normalized spacial score (nSPS) is 11.3. The predicted molar refractivity (Wildman–Crippen MR) is 86.9 cm³/mol. The van der Waals surface area contributed by atoms with Crippen LogP contribution in [0.25, 0.3) is 27.5 Å². The van der Waals surface area contributed by atoms with Gasteiger partial charge in [0.2, 0.25) is 0 Å². The molecule has 6 nitrogen and oxygen atoms in total. The van der Waals surface area contributed by atoms with Gasteiger partial charge in [-0.2, -0.15) is 10.2 Å². The van der Waals surface area contributed by atoms with Gasteiger partial charge in [-0.15, -0.1) is 0 Å². The first-order valence-electron chi connectivity index (χ1n) is 6.56. The van der Waals surface area contributed by atoms with E-state index in [9.17, 15) is 4.79 Å². The van der Waals surface area contributed by atoms with Gasteiger partial charge in [0.1, 0.15) is 0 Å². The second-order valence-electron chi connectivity index (χ2n) is 4.89. The van der Waals surface area contributed by atoms with Crippen LogP contribution < -0.4 is 5.73 Å². The summed E-state index contributed by atoms with van der Waals surface area (Å²) >= 11 is 3.41. The SMILES string of the molecule is NC(=O)c1nn(-c2ccc(Br)cc2)c2c1ccc1[nH]ncc12. The molecule has 2 heterocycles. The highest BCUT2D eigenvalue weighted by molar-refractivity contribution is 9.10. The number of nitrogens with one attached hydrogen (secondary N) is 1. The lowest BCUT2D eigenvalue weighted by molar-refractivity contribution is 0.0996. The van der Waals surface area contributed by atoms with E-state index in [1.807, 2.05) is 36.4 Å². The minimum absolute atomic E-state index is 0.251. The van der Waals surface area contributed by atoms with Gasteiger partial charge in [0.15, 0.2) is 5.69 Å². The molecule has 4 aromatic rings. The molecule has 0 unspecified atom stereocenters. The maximum Gasteiger partial charge on any atom is 0.269 e. The number of nitrogens with zero attached hydrogens (tertiary/aromatic N) is 3. The number of rotatable bonds is 2. The Balaban J connectivity index is 2.14. The number of aromatic nitrogens is 4. The van der Waals surface area contributed by atoms with Gasteiger partial charge in [0.25, 0.3) is 5.91 Å². The summed E-state index contributed by atoms with van der Waals surface area (Å²) in [5.41, 5.74) is 8.25. The highest BCUT2D eigenvalue weighted by atomic mass is 79.9. The fraction of sp³-hybridized carbons (Fsp3) is 0. The number of carbonyl (C=O) groups is 1. The number of primary amides is 1. The molecule has 0 aliphatic carbocycles. The molecule has 0 saturated heterocycles. The number of carbonyl (C=O) groups excluding carboxylic acids is 1. The number of benzene rings is 2. The third-order valence-electron chi connectivity index (χ3n) is 3.57. The zero-order valence-electron chi connectivity index (χ0n) is 11.2. The standard InChI is InChI=1S/C15H10BrN5O/c16-8-1-3-9(4-2-8)21-14-10(13(20-21)15(17)22)5-6-12-11(14)7-18-19-12/h1-7H,(H2,17,22)(H,18,19). The van der Waals surface area contributed by atoms with E-state index in [1.54, 1.807) is 10.9 Å². The molecular formula is C15H10BrN5O. The molecule has 108 valence electrons. The van der Waals surface area contributed by atoms with E-state index >= 15 is 0 Å². The molecule has 7 heteroatoms. The molecule has 2 aromatic heterocycles. The lowest BCUT2D eigenvalue weighted by Crippen LogP contribution is -2.12. The van der Waals surface area contributed by atoms with E-state index in [0.29, 0.717) is 5.39 Å². The molecule has 4 rings (SSSR count). The Morgan fingerprint density at radius 1 is 1.14 bits per heavy atom. The third kappa shape index (κ3) is 1.82. The molecular weight excluding hydrogens is 346 g/mol. The van der Waals surface area contributed by atoms with Crippen molar-refractivity contribution in [3.05, 3.63) is 52.8 Å². The Hall–Kier alpha value is -2.67. The predicted octanol–water partition coefficient (Wildman–Crippen LogP) is 2.76. The molecule has 0 radical (unpaired) electrons. The second-order valence-corrected chi connectivity index (χ2v) is 5.81. The van der Waals surface area contributed by atoms with Crippen LogP contribution in [0.5, 0.6) is 0 Å². The molecule has 0 fully saturated rings. The molecule has 0 spiro atoms. The van der Waals surface area contributed by atoms with Crippen molar-refractivity contribution >= 4 is 43.6 Å². The average Bonchev–Trinajstić information content (AvgIpc) is 3.11. The first-order valence-corrected chi connectivity index (χ1v) is 7.35. The van der Waals surface area contributed by atoms with Gasteiger partial charge >= 0.3 is 0 Å². The van der Waals surface area contributed by atoms with Gasteiger partial charge < -0.3 is 5.73 Å². The van der Waals surface area contributed by atoms with E-state index in [4.69, 9.17) is 5.73 Å². The van der Waals surface area contributed by atoms with Crippen LogP contribution in [0.15, 0.2) is 47.1 Å². The van der Waals surface area contributed by atoms with Crippen LogP contribution in [0.3, 0.4) is 0 Å². The number of hydrogen-bond acceptors (Lipinski definition) is 3. The van der Waals surface area contributed by atoms with E-state index < -0.39 is 5.91 Å². The molecule has 1 amide bonds. The van der Waals surface area contributed by atoms with Crippen LogP contribution in [0.4, 0.5) is 0 Å². The molecule has 0 aliphatic rings. The van der Waals surface area contributed by atoms with Crippen LogP contribution in [0.1, 0.15) is 10.5 Å². The third-order valence-corrected chi connectivity index (χ3v) is 4.10. The highest BCUT2D eigenvalue weighted by Gasteiger charge is 2.18. The van der Waals surface area contributed by atoms with Gasteiger partial charge in [0, 0.05) is 15.2 Å². The van der Waals surface area contributed by atoms with Crippen LogP contribution in [0, 0.1) is 0 Å². The van der Waals surface area contributed by atoms with Crippen LogP contribution in [-0.4, -0.2) is 25.9 Å². The molecule has 22 heavy (non-hydrogen) atoms. The summed E-state index contributed by atoms with van der Waals surface area (Å²) in [7, 11) is 0. The minimum atomic E-state index is -0.552. The highest BCUT2D eigenvalue weighted by Crippen LogP contribution is 2.29. The molecule has 0 saturated carbocycles. The van der Waals surface area contributed by atoms with Gasteiger partial charge in [0.05, 0.1) is 22.9 Å². The Morgan fingerprint density at radius 3 is 2.64 bits per heavy atom. The summed E-state index contributed by atoms with van der Waals surface area (Å²) in [6, 6.07) is 11.4. The molecule has 0 bridgehead atoms. The van der Waals surface area contributed by atoms with Gasteiger partial charge in [-0.25, -0.2) is 4.68 Å². The van der Waals surface area contributed by atoms with Gasteiger partial charge in [-0.3, -0.25) is 9.89 Å². The summed E-state index contributed by atoms with van der Waals surface area (Å²) in [4.78, 5) is 11.7. The van der Waals surface area contributed by atoms with E-state index in [2.05, 4.69) is 31.2 Å². The van der Waals surface area contributed by atoms with Crippen molar-refractivity contribution in [3.8, 4) is 5.69 Å². The monoisotopic (exact) mass is 355 g/mol. The first-order chi connectivity index (χ1) is 10.6. The number of H-pyrrole nitrogens is 1. The molecule has 0 aliphatic heterocycles. The largest absolute Gasteiger partial charge is 0.364 e. The summed E-state index contributed by atoms with van der Waals surface area (Å²) in [6.07, 6.45) is 1.72. The van der Waals surface area contributed by atoms with E-state index in [-0.39, 0.29) is 5.69 Å². The summed E-state index contributed by atoms with van der Waals surface area (Å²) in [6.45, 7) is 0. The molecule has 2 aromatic carbocycles. The summed E-state index contributed by atoms with van der Waals surface area (Å²) < 4.78 is 2.69. The lowest BCUT2D eigenvalue weighted by Gasteiger charge is -2.04. The van der Waals surface area contributed by atoms with Crippen LogP contribution >= 0.6 is 15.9 Å². The zero-order chi connectivity index (χ0) is 15.3. The molecule has 0 atom stereocenters. The van der Waals surface area contributed by atoms with Crippen molar-refractivity contribution in [1.29, 1.82) is 0 Å². The maximum atomic E-state index is 11.7. The van der Waals surface area contributed by atoms with Crippen molar-refractivity contribution < 1.29 is 4.79 Å². The number of amides is 1. The van der Waals surface area contributed by atoms with Gasteiger partial charge in [-0.1, -0.05) is 15.9 Å². The van der Waals surface area contributed by atoms with Crippen molar-refractivity contribution in [3.63, 3.8) is 0 Å². The Bertz CT molecular complexity index is 1020. The van der Waals surface area contributed by atoms with Gasteiger partial charge in [-0.05, 0) is 36.4 Å². The number of hydrogen-bond donors (Lipinski definition) is 2. The smallest absolute Gasteiger partial charge is 0.269 e. The summed E-state index contributed by atoms with van der Waals surface area (Å²) in [5, 5.41) is 13.0. The Morgan fingerprint density at radius 2 is 1.91 bits per heavy atom. The zero-order valence-corrected chi connectivity index (χ0v) is 12.8. The Kier molecular flexibility index (Phi) is 2.77. The van der Waals surface area contributed by atoms with Crippen molar-refractivity contribution in [2.45, 2.75) is 0 Å². The molecule has 3 N–H and O–H groups in total. The summed E-state index contributed by atoms with van der Waals surface area (Å²) in [5.74, 6) is -0.552. The minimum Gasteiger partial charge on any atom is -0.364 e. The fourth-order valence-electron chi connectivity index (χ4n) is 2.58. The van der Waals surface area contributed by atoms with Crippen molar-refractivity contribution in [1.82, 2.24) is 20.0 Å². The second kappa shape index (κ2) is 4.67. The maximum absolute atomic E-state index is 11.7.